The van der Waals surface area contributed by atoms with E-state index in [1.54, 1.807) is 7.05 Å². The van der Waals surface area contributed by atoms with Gasteiger partial charge in [-0.05, 0) is 12.0 Å². The molecule has 2 unspecified atom stereocenters. The van der Waals surface area contributed by atoms with E-state index in [1.807, 2.05) is 4.90 Å². The molecule has 2 atom stereocenters. The van der Waals surface area contributed by atoms with Crippen molar-refractivity contribution < 1.29 is 9.53 Å². The van der Waals surface area contributed by atoms with Crippen molar-refractivity contribution in [3.8, 4) is 0 Å². The predicted molar refractivity (Wildman–Crippen MR) is 80.7 cm³/mol. The number of amides is 1. The minimum atomic E-state index is -0.211. The summed E-state index contributed by atoms with van der Waals surface area (Å²) in [6, 6.07) is 3.27. The fourth-order valence-electron chi connectivity index (χ4n) is 3.28. The zero-order valence-corrected chi connectivity index (χ0v) is 13.1. The summed E-state index contributed by atoms with van der Waals surface area (Å²) in [5, 5.41) is 4.06. The van der Waals surface area contributed by atoms with E-state index in [4.69, 9.17) is 4.74 Å². The first-order valence-electron chi connectivity index (χ1n) is 7.71. The number of ether oxygens (including phenoxy) is 1. The number of carbonyl (C=O) groups excluding carboxylic acids is 1. The zero-order valence-electron chi connectivity index (χ0n) is 13.1. The number of hydrogen-bond donors (Lipinski definition) is 0. The zero-order chi connectivity index (χ0) is 15.7. The second-order valence-corrected chi connectivity index (χ2v) is 6.08. The summed E-state index contributed by atoms with van der Waals surface area (Å²) in [4.78, 5) is 28.2. The molecular weight excluding hydrogens is 284 g/mol. The molecule has 2 fully saturated rings. The first kappa shape index (κ1) is 15.2. The van der Waals surface area contributed by atoms with Gasteiger partial charge in [0.05, 0.1) is 13.2 Å². The number of carbonyl (C=O) groups is 1. The second-order valence-electron chi connectivity index (χ2n) is 6.08. The van der Waals surface area contributed by atoms with Gasteiger partial charge in [0.25, 0.3) is 11.5 Å². The Labute approximate surface area is 129 Å². The van der Waals surface area contributed by atoms with Crippen LogP contribution in [0.1, 0.15) is 17.4 Å². The first-order chi connectivity index (χ1) is 10.6. The van der Waals surface area contributed by atoms with E-state index in [0.29, 0.717) is 24.2 Å². The topological polar surface area (TPSA) is 67.7 Å². The third-order valence-corrected chi connectivity index (χ3v) is 4.55. The third kappa shape index (κ3) is 2.91. The quantitative estimate of drug-likeness (QED) is 0.742. The molecule has 7 nitrogen and oxygen atoms in total. The maximum Gasteiger partial charge on any atom is 0.274 e. The monoisotopic (exact) mass is 306 g/mol. The number of aryl methyl sites for hydroxylation is 1. The Morgan fingerprint density at radius 2 is 2.00 bits per heavy atom. The Balaban J connectivity index is 1.71. The van der Waals surface area contributed by atoms with Crippen LogP contribution in [0.25, 0.3) is 0 Å². The van der Waals surface area contributed by atoms with Crippen LogP contribution in [0.3, 0.4) is 0 Å². The van der Waals surface area contributed by atoms with Gasteiger partial charge in [-0.15, -0.1) is 0 Å². The Morgan fingerprint density at radius 3 is 2.68 bits per heavy atom. The van der Waals surface area contributed by atoms with E-state index in [0.717, 1.165) is 32.8 Å². The summed E-state index contributed by atoms with van der Waals surface area (Å²) in [5.41, 5.74) is 0.120. The summed E-state index contributed by atoms with van der Waals surface area (Å²) < 4.78 is 6.60. The Morgan fingerprint density at radius 1 is 1.27 bits per heavy atom. The molecule has 2 saturated heterocycles. The van der Waals surface area contributed by atoms with E-state index >= 15 is 0 Å². The van der Waals surface area contributed by atoms with E-state index in [2.05, 4.69) is 16.9 Å². The molecule has 2 aliphatic heterocycles. The minimum Gasteiger partial charge on any atom is -0.379 e. The smallest absolute Gasteiger partial charge is 0.274 e. The van der Waals surface area contributed by atoms with Crippen LogP contribution >= 0.6 is 0 Å². The molecule has 0 saturated carbocycles. The maximum absolute atomic E-state index is 12.6. The van der Waals surface area contributed by atoms with Crippen molar-refractivity contribution in [1.29, 1.82) is 0 Å². The van der Waals surface area contributed by atoms with Gasteiger partial charge < -0.3 is 9.64 Å². The normalized spacial score (nSPS) is 26.4. The van der Waals surface area contributed by atoms with Crippen LogP contribution in [0.15, 0.2) is 16.9 Å². The van der Waals surface area contributed by atoms with Crippen molar-refractivity contribution >= 4 is 5.91 Å². The highest BCUT2D eigenvalue weighted by Crippen LogP contribution is 2.23. The van der Waals surface area contributed by atoms with E-state index in [-0.39, 0.29) is 11.5 Å². The lowest BCUT2D eigenvalue weighted by Gasteiger charge is -2.33. The number of hydrogen-bond acceptors (Lipinski definition) is 5. The summed E-state index contributed by atoms with van der Waals surface area (Å²) >= 11 is 0. The average Bonchev–Trinajstić information content (AvgIpc) is 2.92. The Hall–Kier alpha value is -1.73. The fourth-order valence-corrected chi connectivity index (χ4v) is 3.28. The van der Waals surface area contributed by atoms with E-state index < -0.39 is 0 Å². The van der Waals surface area contributed by atoms with Crippen LogP contribution in [-0.2, 0) is 11.8 Å². The van der Waals surface area contributed by atoms with Gasteiger partial charge in [-0.25, -0.2) is 4.68 Å². The van der Waals surface area contributed by atoms with Crippen molar-refractivity contribution in [3.05, 3.63) is 28.2 Å². The van der Waals surface area contributed by atoms with Crippen LogP contribution in [0, 0.1) is 5.92 Å². The average molecular weight is 306 g/mol. The van der Waals surface area contributed by atoms with Gasteiger partial charge in [0.2, 0.25) is 0 Å². The van der Waals surface area contributed by atoms with Crippen LogP contribution in [0.5, 0.6) is 0 Å². The Kier molecular flexibility index (Phi) is 4.26. The predicted octanol–water partition coefficient (Wildman–Crippen LogP) is -0.427. The Bertz CT molecular complexity index is 609. The number of morpholine rings is 1. The van der Waals surface area contributed by atoms with Crippen molar-refractivity contribution in [1.82, 2.24) is 19.6 Å². The molecule has 0 radical (unpaired) electrons. The molecule has 3 rings (SSSR count). The van der Waals surface area contributed by atoms with Gasteiger partial charge >= 0.3 is 0 Å². The second kappa shape index (κ2) is 6.18. The molecule has 1 amide bonds. The number of likely N-dealkylation sites (tertiary alicyclic amines) is 1. The SMILES string of the molecule is CC1CN(C(=O)c2ccc(=O)n(C)n2)CC1N1CCOCC1. The standard InChI is InChI=1S/C15H22N4O3/c1-11-9-19(10-13(11)18-5-7-22-8-6-18)15(21)12-3-4-14(20)17(2)16-12/h3-4,11,13H,5-10H2,1-2H3. The molecule has 3 heterocycles. The summed E-state index contributed by atoms with van der Waals surface area (Å²) in [5.74, 6) is 0.327. The number of aromatic nitrogens is 2. The van der Waals surface area contributed by atoms with Gasteiger partial charge in [0, 0.05) is 45.3 Å². The molecule has 0 aromatic carbocycles. The highest BCUT2D eigenvalue weighted by Gasteiger charge is 2.37. The third-order valence-electron chi connectivity index (χ3n) is 4.55. The van der Waals surface area contributed by atoms with Crippen LogP contribution in [0.4, 0.5) is 0 Å². The summed E-state index contributed by atoms with van der Waals surface area (Å²) in [7, 11) is 1.56. The molecule has 0 bridgehead atoms. The largest absolute Gasteiger partial charge is 0.379 e. The maximum atomic E-state index is 12.6. The van der Waals surface area contributed by atoms with Crippen molar-refractivity contribution in [2.24, 2.45) is 13.0 Å². The first-order valence-corrected chi connectivity index (χ1v) is 7.71. The molecule has 22 heavy (non-hydrogen) atoms. The van der Waals surface area contributed by atoms with Gasteiger partial charge in [-0.3, -0.25) is 14.5 Å². The lowest BCUT2D eigenvalue weighted by Crippen LogP contribution is -2.47. The number of nitrogens with zero attached hydrogens (tertiary/aromatic N) is 4. The molecule has 2 aliphatic rings. The summed E-state index contributed by atoms with van der Waals surface area (Å²) in [6.45, 7) is 7.00. The van der Waals surface area contributed by atoms with Gasteiger partial charge in [-0.2, -0.15) is 5.10 Å². The molecule has 0 aliphatic carbocycles. The van der Waals surface area contributed by atoms with Crippen molar-refractivity contribution in [2.45, 2.75) is 13.0 Å². The van der Waals surface area contributed by atoms with E-state index in [9.17, 15) is 9.59 Å². The molecule has 1 aromatic heterocycles. The highest BCUT2D eigenvalue weighted by atomic mass is 16.5. The van der Waals surface area contributed by atoms with Gasteiger partial charge in [0.15, 0.2) is 0 Å². The molecule has 120 valence electrons. The van der Waals surface area contributed by atoms with Gasteiger partial charge in [-0.1, -0.05) is 6.92 Å². The minimum absolute atomic E-state index is 0.0989. The van der Waals surface area contributed by atoms with Crippen molar-refractivity contribution in [2.75, 3.05) is 39.4 Å². The summed E-state index contributed by atoms with van der Waals surface area (Å²) in [6.07, 6.45) is 0. The molecule has 7 heteroatoms. The molecular formula is C15H22N4O3. The fraction of sp³-hybridized carbons (Fsp3) is 0.667. The molecule has 0 spiro atoms. The van der Waals surface area contributed by atoms with E-state index in [1.165, 1.54) is 16.8 Å². The number of rotatable bonds is 2. The van der Waals surface area contributed by atoms with Crippen molar-refractivity contribution in [3.63, 3.8) is 0 Å². The lowest BCUT2D eigenvalue weighted by atomic mass is 10.0. The molecule has 1 aromatic rings. The van der Waals surface area contributed by atoms with Gasteiger partial charge in [0.1, 0.15) is 5.69 Å². The molecule has 0 N–H and O–H groups in total. The van der Waals surface area contributed by atoms with Crippen LogP contribution < -0.4 is 5.56 Å². The van der Waals surface area contributed by atoms with Crippen LogP contribution in [-0.4, -0.2) is 70.9 Å². The lowest BCUT2D eigenvalue weighted by molar-refractivity contribution is 0.0119. The highest BCUT2D eigenvalue weighted by molar-refractivity contribution is 5.92. The van der Waals surface area contributed by atoms with Crippen LogP contribution in [0.2, 0.25) is 0 Å².